The van der Waals surface area contributed by atoms with Gasteiger partial charge in [-0.3, -0.25) is 9.69 Å². The first kappa shape index (κ1) is 14.8. The second kappa shape index (κ2) is 5.39. The molecule has 1 aromatic heterocycles. The Morgan fingerprint density at radius 1 is 1.45 bits per heavy atom. The zero-order valence-corrected chi connectivity index (χ0v) is 11.1. The number of piperidine rings is 1. The Hall–Kier alpha value is -1.64. The predicted octanol–water partition coefficient (Wildman–Crippen LogP) is 1.13. The number of nitrogens with one attached hydrogen (secondary N) is 1. The third-order valence-corrected chi connectivity index (χ3v) is 3.27. The van der Waals surface area contributed by atoms with Gasteiger partial charge in [0.05, 0.1) is 0 Å². The molecular formula is C11H15F3N4O2. The molecule has 1 aromatic rings. The number of halogens is 3. The third-order valence-electron chi connectivity index (χ3n) is 3.27. The monoisotopic (exact) mass is 292 g/mol. The minimum atomic E-state index is -4.24. The Bertz CT molecular complexity index is 488. The zero-order chi connectivity index (χ0) is 14.9. The van der Waals surface area contributed by atoms with E-state index in [1.165, 1.54) is 11.9 Å². The zero-order valence-electron chi connectivity index (χ0n) is 11.1. The number of aromatic nitrogens is 2. The van der Waals surface area contributed by atoms with Gasteiger partial charge in [0.1, 0.15) is 6.04 Å². The quantitative estimate of drug-likeness (QED) is 0.885. The van der Waals surface area contributed by atoms with Gasteiger partial charge in [0, 0.05) is 19.5 Å². The Kier molecular flexibility index (Phi) is 3.98. The van der Waals surface area contributed by atoms with Crippen molar-refractivity contribution in [2.75, 3.05) is 13.6 Å². The summed E-state index contributed by atoms with van der Waals surface area (Å²) in [6, 6.07) is -1.81. The Balaban J connectivity index is 1.92. The van der Waals surface area contributed by atoms with Crippen molar-refractivity contribution in [1.82, 2.24) is 20.4 Å². The molecule has 1 amide bonds. The molecule has 20 heavy (non-hydrogen) atoms. The van der Waals surface area contributed by atoms with E-state index in [0.717, 1.165) is 0 Å². The van der Waals surface area contributed by atoms with Crippen molar-refractivity contribution < 1.29 is 22.5 Å². The molecule has 2 atom stereocenters. The van der Waals surface area contributed by atoms with Crippen LogP contribution in [0.25, 0.3) is 0 Å². The molecule has 2 heterocycles. The fourth-order valence-corrected chi connectivity index (χ4v) is 2.32. The van der Waals surface area contributed by atoms with Crippen molar-refractivity contribution in [2.45, 2.75) is 38.0 Å². The molecule has 0 bridgehead atoms. The highest BCUT2D eigenvalue weighted by atomic mass is 19.4. The van der Waals surface area contributed by atoms with Gasteiger partial charge < -0.3 is 9.84 Å². The summed E-state index contributed by atoms with van der Waals surface area (Å²) in [5, 5.41) is 6.08. The van der Waals surface area contributed by atoms with E-state index in [1.54, 1.807) is 6.92 Å². The summed E-state index contributed by atoms with van der Waals surface area (Å²) in [6.45, 7) is 1.68. The smallest absolute Gasteiger partial charge is 0.345 e. The molecule has 0 spiro atoms. The van der Waals surface area contributed by atoms with Crippen LogP contribution in [0.4, 0.5) is 13.2 Å². The Labute approximate surface area is 113 Å². The van der Waals surface area contributed by atoms with Gasteiger partial charge in [-0.1, -0.05) is 5.16 Å². The van der Waals surface area contributed by atoms with E-state index in [9.17, 15) is 18.0 Å². The van der Waals surface area contributed by atoms with Crippen molar-refractivity contribution in [3.8, 4) is 0 Å². The van der Waals surface area contributed by atoms with Crippen molar-refractivity contribution in [3.63, 3.8) is 0 Å². The standard InChI is InChI=1S/C11H15F3N4O2/c1-6-15-9(17-20-6)10(19)16-7-3-4-8(11(12,13)14)18(2)5-7/h7-8H,3-5H2,1-2H3,(H,16,19)/t7-,8+/m1/s1. The molecule has 6 nitrogen and oxygen atoms in total. The molecule has 1 saturated heterocycles. The molecule has 0 aliphatic carbocycles. The van der Waals surface area contributed by atoms with E-state index in [-0.39, 0.29) is 37.1 Å². The molecule has 0 aromatic carbocycles. The van der Waals surface area contributed by atoms with Crippen molar-refractivity contribution in [1.29, 1.82) is 0 Å². The van der Waals surface area contributed by atoms with Crippen LogP contribution in [-0.2, 0) is 0 Å². The van der Waals surface area contributed by atoms with Gasteiger partial charge in [-0.2, -0.15) is 18.2 Å². The van der Waals surface area contributed by atoms with Crippen LogP contribution >= 0.6 is 0 Å². The molecular weight excluding hydrogens is 277 g/mol. The van der Waals surface area contributed by atoms with E-state index in [2.05, 4.69) is 20.0 Å². The van der Waals surface area contributed by atoms with Crippen molar-refractivity contribution >= 4 is 5.91 Å². The van der Waals surface area contributed by atoms with E-state index < -0.39 is 18.1 Å². The van der Waals surface area contributed by atoms with Crippen LogP contribution in [0.1, 0.15) is 29.4 Å². The Morgan fingerprint density at radius 2 is 2.15 bits per heavy atom. The van der Waals surface area contributed by atoms with Crippen LogP contribution < -0.4 is 5.32 Å². The topological polar surface area (TPSA) is 71.3 Å². The summed E-state index contributed by atoms with van der Waals surface area (Å²) in [5.41, 5.74) is 0. The number of alkyl halides is 3. The lowest BCUT2D eigenvalue weighted by Gasteiger charge is -2.38. The first-order chi connectivity index (χ1) is 9.27. The molecule has 0 radical (unpaired) electrons. The maximum atomic E-state index is 12.7. The summed E-state index contributed by atoms with van der Waals surface area (Å²) in [4.78, 5) is 16.7. The average Bonchev–Trinajstić information content (AvgIpc) is 2.74. The molecule has 1 aliphatic heterocycles. The van der Waals surface area contributed by atoms with Gasteiger partial charge in [-0.25, -0.2) is 0 Å². The highest BCUT2D eigenvalue weighted by Gasteiger charge is 2.44. The number of likely N-dealkylation sites (N-methyl/N-ethyl adjacent to an activating group) is 1. The number of aryl methyl sites for hydroxylation is 1. The lowest BCUT2D eigenvalue weighted by Crippen LogP contribution is -2.54. The Morgan fingerprint density at radius 3 is 2.65 bits per heavy atom. The highest BCUT2D eigenvalue weighted by molar-refractivity contribution is 5.90. The number of hydrogen-bond acceptors (Lipinski definition) is 5. The third kappa shape index (κ3) is 3.27. The number of rotatable bonds is 2. The number of carbonyl (C=O) groups excluding carboxylic acids is 1. The van der Waals surface area contributed by atoms with E-state index in [0.29, 0.717) is 0 Å². The maximum Gasteiger partial charge on any atom is 0.404 e. The number of hydrogen-bond donors (Lipinski definition) is 1. The first-order valence-corrected chi connectivity index (χ1v) is 6.15. The van der Waals surface area contributed by atoms with Gasteiger partial charge in [0.25, 0.3) is 11.7 Å². The molecule has 1 N–H and O–H groups in total. The number of nitrogens with zero attached hydrogens (tertiary/aromatic N) is 3. The minimum Gasteiger partial charge on any atom is -0.345 e. The summed E-state index contributed by atoms with van der Waals surface area (Å²) < 4.78 is 42.7. The summed E-state index contributed by atoms with van der Waals surface area (Å²) in [6.07, 6.45) is -4.03. The summed E-state index contributed by atoms with van der Waals surface area (Å²) in [7, 11) is 1.40. The molecule has 2 rings (SSSR count). The lowest BCUT2D eigenvalue weighted by molar-refractivity contribution is -0.188. The normalized spacial score (nSPS) is 24.6. The van der Waals surface area contributed by atoms with E-state index in [1.807, 2.05) is 0 Å². The number of carbonyl (C=O) groups is 1. The SMILES string of the molecule is Cc1nc(C(=O)N[C@@H]2CC[C@@H](C(F)(F)F)N(C)C2)no1. The average molecular weight is 292 g/mol. The minimum absolute atomic E-state index is 0.0454. The van der Waals surface area contributed by atoms with Crippen LogP contribution in [0.5, 0.6) is 0 Å². The number of amides is 1. The largest absolute Gasteiger partial charge is 0.404 e. The number of likely N-dealkylation sites (tertiary alicyclic amines) is 1. The van der Waals surface area contributed by atoms with E-state index in [4.69, 9.17) is 0 Å². The molecule has 1 fully saturated rings. The second-order valence-corrected chi connectivity index (χ2v) is 4.88. The summed E-state index contributed by atoms with van der Waals surface area (Å²) in [5.74, 6) is -0.387. The van der Waals surface area contributed by atoms with Crippen molar-refractivity contribution in [3.05, 3.63) is 11.7 Å². The second-order valence-electron chi connectivity index (χ2n) is 4.88. The van der Waals surface area contributed by atoms with Gasteiger partial charge in [-0.05, 0) is 19.9 Å². The van der Waals surface area contributed by atoms with Crippen LogP contribution in [0.15, 0.2) is 4.52 Å². The van der Waals surface area contributed by atoms with Gasteiger partial charge in [-0.15, -0.1) is 0 Å². The molecule has 0 saturated carbocycles. The molecule has 0 unspecified atom stereocenters. The molecule has 112 valence electrons. The summed E-state index contributed by atoms with van der Waals surface area (Å²) >= 11 is 0. The first-order valence-electron chi connectivity index (χ1n) is 6.15. The fraction of sp³-hybridized carbons (Fsp3) is 0.727. The van der Waals surface area contributed by atoms with E-state index >= 15 is 0 Å². The van der Waals surface area contributed by atoms with Crippen LogP contribution in [-0.4, -0.2) is 52.8 Å². The van der Waals surface area contributed by atoms with Gasteiger partial charge in [0.15, 0.2) is 0 Å². The fourth-order valence-electron chi connectivity index (χ4n) is 2.32. The maximum absolute atomic E-state index is 12.7. The highest BCUT2D eigenvalue weighted by Crippen LogP contribution is 2.30. The van der Waals surface area contributed by atoms with Crippen LogP contribution in [0, 0.1) is 6.92 Å². The molecule has 1 aliphatic rings. The molecule has 9 heteroatoms. The lowest BCUT2D eigenvalue weighted by atomic mass is 9.98. The van der Waals surface area contributed by atoms with Gasteiger partial charge >= 0.3 is 6.18 Å². The van der Waals surface area contributed by atoms with Gasteiger partial charge in [0.2, 0.25) is 5.89 Å². The van der Waals surface area contributed by atoms with Crippen molar-refractivity contribution in [2.24, 2.45) is 0 Å². The predicted molar refractivity (Wildman–Crippen MR) is 62.0 cm³/mol. The van der Waals surface area contributed by atoms with Crippen LogP contribution in [0.2, 0.25) is 0 Å². The van der Waals surface area contributed by atoms with Crippen LogP contribution in [0.3, 0.4) is 0 Å².